The van der Waals surface area contributed by atoms with E-state index in [1.54, 1.807) is 17.9 Å². The summed E-state index contributed by atoms with van der Waals surface area (Å²) in [4.78, 5) is 26.9. The molecule has 1 aliphatic heterocycles. The van der Waals surface area contributed by atoms with E-state index in [0.29, 0.717) is 53.9 Å². The van der Waals surface area contributed by atoms with Crippen molar-refractivity contribution in [3.05, 3.63) is 57.8 Å². The Bertz CT molecular complexity index is 980. The number of nitriles is 1. The molecular weight excluding hydrogens is 455 g/mol. The van der Waals surface area contributed by atoms with Crippen molar-refractivity contribution in [2.24, 2.45) is 5.92 Å². The topological polar surface area (TPSA) is 79.6 Å². The number of hydrogen-bond donors (Lipinski definition) is 0. The number of ether oxygens (including phenoxy) is 2. The molecule has 156 valence electrons. The minimum Gasteiger partial charge on any atom is -0.490 e. The van der Waals surface area contributed by atoms with Crippen LogP contribution in [-0.2, 0) is 4.79 Å². The number of halogens is 2. The van der Waals surface area contributed by atoms with Gasteiger partial charge in [0, 0.05) is 24.7 Å². The SMILES string of the molecule is CCOc1cc(C#N)cc(Br)c1OC(=O)C1CCN(C(=O)c2ccc(F)cc2)CC1. The van der Waals surface area contributed by atoms with Gasteiger partial charge in [0.1, 0.15) is 5.82 Å². The predicted molar refractivity (Wildman–Crippen MR) is 111 cm³/mol. The molecule has 0 spiro atoms. The molecule has 0 radical (unpaired) electrons. The van der Waals surface area contributed by atoms with Crippen molar-refractivity contribution in [1.29, 1.82) is 5.26 Å². The van der Waals surface area contributed by atoms with Gasteiger partial charge in [0.25, 0.3) is 5.91 Å². The number of nitrogens with zero attached hydrogens (tertiary/aromatic N) is 2. The molecule has 1 amide bonds. The molecule has 1 aliphatic rings. The number of piperidine rings is 1. The highest BCUT2D eigenvalue weighted by Gasteiger charge is 2.30. The molecule has 0 atom stereocenters. The highest BCUT2D eigenvalue weighted by Crippen LogP contribution is 2.37. The molecule has 8 heteroatoms. The summed E-state index contributed by atoms with van der Waals surface area (Å²) in [6, 6.07) is 10.5. The monoisotopic (exact) mass is 474 g/mol. The molecule has 0 N–H and O–H groups in total. The second-order valence-electron chi connectivity index (χ2n) is 6.82. The number of amides is 1. The van der Waals surface area contributed by atoms with Crippen molar-refractivity contribution in [3.63, 3.8) is 0 Å². The molecular formula is C22H20BrFN2O4. The number of rotatable bonds is 5. The lowest BCUT2D eigenvalue weighted by Crippen LogP contribution is -2.41. The third-order valence-corrected chi connectivity index (χ3v) is 5.44. The fraction of sp³-hybridized carbons (Fsp3) is 0.318. The summed E-state index contributed by atoms with van der Waals surface area (Å²) in [5.41, 5.74) is 0.804. The van der Waals surface area contributed by atoms with Crippen LogP contribution >= 0.6 is 15.9 Å². The molecule has 1 saturated heterocycles. The lowest BCUT2D eigenvalue weighted by Gasteiger charge is -2.31. The lowest BCUT2D eigenvalue weighted by molar-refractivity contribution is -0.140. The zero-order valence-electron chi connectivity index (χ0n) is 16.4. The Kier molecular flexibility index (Phi) is 7.06. The largest absolute Gasteiger partial charge is 0.490 e. The predicted octanol–water partition coefficient (Wildman–Crippen LogP) is 4.32. The van der Waals surface area contributed by atoms with Gasteiger partial charge in [-0.1, -0.05) is 0 Å². The van der Waals surface area contributed by atoms with Crippen LogP contribution in [0.2, 0.25) is 0 Å². The number of likely N-dealkylation sites (tertiary alicyclic amines) is 1. The maximum absolute atomic E-state index is 13.1. The zero-order valence-corrected chi connectivity index (χ0v) is 17.9. The average molecular weight is 475 g/mol. The van der Waals surface area contributed by atoms with E-state index in [2.05, 4.69) is 15.9 Å². The summed E-state index contributed by atoms with van der Waals surface area (Å²) >= 11 is 3.33. The Balaban J connectivity index is 1.64. The van der Waals surface area contributed by atoms with E-state index in [4.69, 9.17) is 14.7 Å². The van der Waals surface area contributed by atoms with Crippen molar-refractivity contribution < 1.29 is 23.5 Å². The van der Waals surface area contributed by atoms with Crippen molar-refractivity contribution in [3.8, 4) is 17.6 Å². The molecule has 1 heterocycles. The van der Waals surface area contributed by atoms with Crippen LogP contribution < -0.4 is 9.47 Å². The quantitative estimate of drug-likeness (QED) is 0.476. The average Bonchev–Trinajstić information content (AvgIpc) is 2.76. The smallest absolute Gasteiger partial charge is 0.314 e. The summed E-state index contributed by atoms with van der Waals surface area (Å²) in [6.07, 6.45) is 0.924. The molecule has 2 aromatic carbocycles. The van der Waals surface area contributed by atoms with Crippen LogP contribution in [0.4, 0.5) is 4.39 Å². The first-order chi connectivity index (χ1) is 14.4. The number of benzene rings is 2. The molecule has 0 bridgehead atoms. The van der Waals surface area contributed by atoms with Crippen molar-refractivity contribution in [2.75, 3.05) is 19.7 Å². The van der Waals surface area contributed by atoms with Crippen LogP contribution in [0.15, 0.2) is 40.9 Å². The minimum atomic E-state index is -0.407. The van der Waals surface area contributed by atoms with Crippen LogP contribution in [0, 0.1) is 23.1 Å². The molecule has 1 fully saturated rings. The summed E-state index contributed by atoms with van der Waals surface area (Å²) in [5.74, 6) is -0.787. The molecule has 3 rings (SSSR count). The van der Waals surface area contributed by atoms with E-state index in [1.807, 2.05) is 6.07 Å². The summed E-state index contributed by atoms with van der Waals surface area (Å²) in [5, 5.41) is 9.11. The standard InChI is InChI=1S/C22H20BrFN2O4/c1-2-29-19-12-14(13-25)11-18(23)20(19)30-22(28)16-7-9-26(10-8-16)21(27)15-3-5-17(24)6-4-15/h3-6,11-12,16H,2,7-10H2,1H3. The van der Waals surface area contributed by atoms with E-state index in [1.165, 1.54) is 30.3 Å². The second kappa shape index (κ2) is 9.72. The van der Waals surface area contributed by atoms with Gasteiger partial charge in [-0.3, -0.25) is 9.59 Å². The third kappa shape index (κ3) is 4.97. The molecule has 0 aliphatic carbocycles. The first-order valence-corrected chi connectivity index (χ1v) is 10.3. The Hall–Kier alpha value is -2.92. The van der Waals surface area contributed by atoms with E-state index < -0.39 is 11.8 Å². The van der Waals surface area contributed by atoms with Crippen LogP contribution in [0.25, 0.3) is 0 Å². The van der Waals surface area contributed by atoms with Gasteiger partial charge in [-0.15, -0.1) is 0 Å². The molecule has 0 unspecified atom stereocenters. The maximum atomic E-state index is 13.1. The van der Waals surface area contributed by atoms with Gasteiger partial charge in [0.05, 0.1) is 28.6 Å². The van der Waals surface area contributed by atoms with Crippen LogP contribution in [0.5, 0.6) is 11.5 Å². The fourth-order valence-corrected chi connectivity index (χ4v) is 3.79. The lowest BCUT2D eigenvalue weighted by atomic mass is 9.96. The Morgan fingerprint density at radius 3 is 2.50 bits per heavy atom. The van der Waals surface area contributed by atoms with E-state index >= 15 is 0 Å². The van der Waals surface area contributed by atoms with Gasteiger partial charge in [0.2, 0.25) is 0 Å². The highest BCUT2D eigenvalue weighted by molar-refractivity contribution is 9.10. The number of carbonyl (C=O) groups excluding carboxylic acids is 2. The Labute approximate surface area is 182 Å². The summed E-state index contributed by atoms with van der Waals surface area (Å²) < 4.78 is 24.6. The van der Waals surface area contributed by atoms with Crippen LogP contribution in [0.1, 0.15) is 35.7 Å². The van der Waals surface area contributed by atoms with Crippen LogP contribution in [0.3, 0.4) is 0 Å². The van der Waals surface area contributed by atoms with Gasteiger partial charge in [-0.2, -0.15) is 5.26 Å². The molecule has 0 saturated carbocycles. The zero-order chi connectivity index (χ0) is 21.7. The summed E-state index contributed by atoms with van der Waals surface area (Å²) in [7, 11) is 0. The Morgan fingerprint density at radius 1 is 1.23 bits per heavy atom. The molecule has 30 heavy (non-hydrogen) atoms. The fourth-order valence-electron chi connectivity index (χ4n) is 3.27. The van der Waals surface area contributed by atoms with Crippen molar-refractivity contribution in [1.82, 2.24) is 4.90 Å². The first kappa shape index (κ1) is 21.8. The van der Waals surface area contributed by atoms with Gasteiger partial charge < -0.3 is 14.4 Å². The van der Waals surface area contributed by atoms with Crippen LogP contribution in [-0.4, -0.2) is 36.5 Å². The van der Waals surface area contributed by atoms with Gasteiger partial charge >= 0.3 is 5.97 Å². The number of esters is 1. The molecule has 6 nitrogen and oxygen atoms in total. The van der Waals surface area contributed by atoms with E-state index in [-0.39, 0.29) is 17.6 Å². The second-order valence-corrected chi connectivity index (χ2v) is 7.68. The van der Waals surface area contributed by atoms with E-state index in [0.717, 1.165) is 0 Å². The number of hydrogen-bond acceptors (Lipinski definition) is 5. The van der Waals surface area contributed by atoms with Crippen molar-refractivity contribution in [2.45, 2.75) is 19.8 Å². The van der Waals surface area contributed by atoms with Gasteiger partial charge in [-0.25, -0.2) is 4.39 Å². The molecule has 0 aromatic heterocycles. The van der Waals surface area contributed by atoms with E-state index in [9.17, 15) is 14.0 Å². The Morgan fingerprint density at radius 2 is 1.90 bits per heavy atom. The van der Waals surface area contributed by atoms with Crippen molar-refractivity contribution >= 4 is 27.8 Å². The first-order valence-electron chi connectivity index (χ1n) is 9.56. The highest BCUT2D eigenvalue weighted by atomic mass is 79.9. The minimum absolute atomic E-state index is 0.185. The number of carbonyl (C=O) groups is 2. The van der Waals surface area contributed by atoms with Gasteiger partial charge in [-0.05, 0) is 66.0 Å². The van der Waals surface area contributed by atoms with Gasteiger partial charge in [0.15, 0.2) is 11.5 Å². The third-order valence-electron chi connectivity index (χ3n) is 4.85. The molecule has 2 aromatic rings. The normalized spacial score (nSPS) is 14.1. The maximum Gasteiger partial charge on any atom is 0.314 e. The summed E-state index contributed by atoms with van der Waals surface area (Å²) in [6.45, 7) is 2.97.